The number of methoxy groups -OCH3 is 1. The number of nitrogens with one attached hydrogen (secondary N) is 2. The molecule has 0 bridgehead atoms. The van der Waals surface area contributed by atoms with Crippen LogP contribution in [-0.2, 0) is 4.79 Å². The van der Waals surface area contributed by atoms with Crippen molar-refractivity contribution in [1.29, 1.82) is 0 Å². The molecule has 2 aromatic carbocycles. The Labute approximate surface area is 153 Å². The summed E-state index contributed by atoms with van der Waals surface area (Å²) in [6.45, 7) is 1.82. The van der Waals surface area contributed by atoms with Gasteiger partial charge in [0.1, 0.15) is 11.5 Å². The standard InChI is InChI=1S/C21H22N2O3/c1-15(21(24)23-17-11-6-7-12-18(17)25-2)22-20(19-13-8-14-26-19)16-9-4-3-5-10-16/h3-15,20,22H,1-2H3,(H,23,24)/t15-,20-/m1/s1. The van der Waals surface area contributed by atoms with Crippen LogP contribution in [0.3, 0.4) is 0 Å². The zero-order chi connectivity index (χ0) is 18.4. The Hall–Kier alpha value is -3.05. The Morgan fingerprint density at radius 2 is 1.73 bits per heavy atom. The largest absolute Gasteiger partial charge is 0.495 e. The number of hydrogen-bond donors (Lipinski definition) is 2. The lowest BCUT2D eigenvalue weighted by atomic mass is 10.0. The summed E-state index contributed by atoms with van der Waals surface area (Å²) in [6.07, 6.45) is 1.63. The predicted molar refractivity (Wildman–Crippen MR) is 101 cm³/mol. The fourth-order valence-corrected chi connectivity index (χ4v) is 2.76. The molecule has 5 heteroatoms. The number of ether oxygens (including phenoxy) is 1. The van der Waals surface area contributed by atoms with Gasteiger partial charge in [-0.1, -0.05) is 42.5 Å². The van der Waals surface area contributed by atoms with Crippen LogP contribution in [0.25, 0.3) is 0 Å². The summed E-state index contributed by atoms with van der Waals surface area (Å²) < 4.78 is 10.9. The van der Waals surface area contributed by atoms with E-state index < -0.39 is 6.04 Å². The molecule has 0 radical (unpaired) electrons. The molecular formula is C21H22N2O3. The average molecular weight is 350 g/mol. The van der Waals surface area contributed by atoms with Crippen LogP contribution in [0.1, 0.15) is 24.3 Å². The van der Waals surface area contributed by atoms with Crippen LogP contribution in [0.5, 0.6) is 5.75 Å². The lowest BCUT2D eigenvalue weighted by Crippen LogP contribution is -2.40. The Kier molecular flexibility index (Phi) is 5.71. The summed E-state index contributed by atoms with van der Waals surface area (Å²) in [6, 6.07) is 20.3. The number of rotatable bonds is 7. The van der Waals surface area contributed by atoms with Crippen molar-refractivity contribution >= 4 is 11.6 Å². The minimum Gasteiger partial charge on any atom is -0.495 e. The SMILES string of the molecule is COc1ccccc1NC(=O)[C@@H](C)N[C@H](c1ccccc1)c1ccco1. The van der Waals surface area contributed by atoms with Gasteiger partial charge in [0.05, 0.1) is 31.1 Å². The van der Waals surface area contributed by atoms with Gasteiger partial charge in [-0.2, -0.15) is 0 Å². The fourth-order valence-electron chi connectivity index (χ4n) is 2.76. The van der Waals surface area contributed by atoms with Crippen molar-refractivity contribution in [3.8, 4) is 5.75 Å². The van der Waals surface area contributed by atoms with Gasteiger partial charge >= 0.3 is 0 Å². The number of carbonyl (C=O) groups excluding carboxylic acids is 1. The highest BCUT2D eigenvalue weighted by molar-refractivity contribution is 5.95. The zero-order valence-electron chi connectivity index (χ0n) is 14.8. The van der Waals surface area contributed by atoms with Crippen molar-refractivity contribution in [2.75, 3.05) is 12.4 Å². The molecule has 134 valence electrons. The monoisotopic (exact) mass is 350 g/mol. The van der Waals surface area contributed by atoms with Crippen LogP contribution in [0.2, 0.25) is 0 Å². The Morgan fingerprint density at radius 3 is 2.42 bits per heavy atom. The third-order valence-electron chi connectivity index (χ3n) is 4.14. The summed E-state index contributed by atoms with van der Waals surface area (Å²) in [7, 11) is 1.58. The maximum atomic E-state index is 12.7. The number of anilines is 1. The molecule has 26 heavy (non-hydrogen) atoms. The molecule has 0 saturated carbocycles. The van der Waals surface area contributed by atoms with E-state index in [0.29, 0.717) is 11.4 Å². The molecule has 0 spiro atoms. The molecule has 1 aromatic heterocycles. The van der Waals surface area contributed by atoms with Gasteiger partial charge in [-0.3, -0.25) is 10.1 Å². The summed E-state index contributed by atoms with van der Waals surface area (Å²) in [5.41, 5.74) is 1.67. The van der Waals surface area contributed by atoms with Crippen LogP contribution in [0.15, 0.2) is 77.4 Å². The smallest absolute Gasteiger partial charge is 0.241 e. The van der Waals surface area contributed by atoms with Crippen molar-refractivity contribution in [3.05, 3.63) is 84.3 Å². The fraction of sp³-hybridized carbons (Fsp3) is 0.190. The van der Waals surface area contributed by atoms with Gasteiger partial charge in [0.2, 0.25) is 5.91 Å². The predicted octanol–water partition coefficient (Wildman–Crippen LogP) is 3.99. The van der Waals surface area contributed by atoms with Crippen molar-refractivity contribution in [2.45, 2.75) is 19.0 Å². The molecule has 1 heterocycles. The third-order valence-corrected chi connectivity index (χ3v) is 4.14. The number of carbonyl (C=O) groups is 1. The van der Waals surface area contributed by atoms with E-state index in [2.05, 4.69) is 10.6 Å². The zero-order valence-corrected chi connectivity index (χ0v) is 14.8. The number of amides is 1. The van der Waals surface area contributed by atoms with Crippen molar-refractivity contribution in [1.82, 2.24) is 5.32 Å². The van der Waals surface area contributed by atoms with Crippen molar-refractivity contribution in [3.63, 3.8) is 0 Å². The molecular weight excluding hydrogens is 328 g/mol. The molecule has 3 aromatic rings. The molecule has 0 aliphatic heterocycles. The molecule has 0 fully saturated rings. The van der Waals surface area contributed by atoms with Gasteiger partial charge in [0.25, 0.3) is 0 Å². The Balaban J connectivity index is 1.75. The third kappa shape index (κ3) is 4.13. The van der Waals surface area contributed by atoms with Crippen LogP contribution in [0.4, 0.5) is 5.69 Å². The second-order valence-corrected chi connectivity index (χ2v) is 5.94. The van der Waals surface area contributed by atoms with E-state index in [1.54, 1.807) is 13.4 Å². The van der Waals surface area contributed by atoms with Crippen LogP contribution >= 0.6 is 0 Å². The normalized spacial score (nSPS) is 13.0. The number of furan rings is 1. The summed E-state index contributed by atoms with van der Waals surface area (Å²) in [5, 5.41) is 6.25. The lowest BCUT2D eigenvalue weighted by molar-refractivity contribution is -0.117. The minimum absolute atomic E-state index is 0.151. The van der Waals surface area contributed by atoms with Crippen LogP contribution in [-0.4, -0.2) is 19.1 Å². The van der Waals surface area contributed by atoms with Gasteiger partial charge in [-0.25, -0.2) is 0 Å². The summed E-state index contributed by atoms with van der Waals surface area (Å²) in [5.74, 6) is 1.23. The summed E-state index contributed by atoms with van der Waals surface area (Å²) in [4.78, 5) is 12.7. The molecule has 2 atom stereocenters. The molecule has 0 aliphatic rings. The highest BCUT2D eigenvalue weighted by Crippen LogP contribution is 2.25. The van der Waals surface area contributed by atoms with E-state index in [4.69, 9.17) is 9.15 Å². The van der Waals surface area contributed by atoms with E-state index in [1.807, 2.05) is 73.7 Å². The van der Waals surface area contributed by atoms with Gasteiger partial charge in [-0.15, -0.1) is 0 Å². The highest BCUT2D eigenvalue weighted by atomic mass is 16.5. The van der Waals surface area contributed by atoms with Crippen LogP contribution in [0, 0.1) is 0 Å². The highest BCUT2D eigenvalue weighted by Gasteiger charge is 2.23. The number of benzene rings is 2. The maximum Gasteiger partial charge on any atom is 0.241 e. The molecule has 2 N–H and O–H groups in total. The number of hydrogen-bond acceptors (Lipinski definition) is 4. The quantitative estimate of drug-likeness (QED) is 0.676. The molecule has 5 nitrogen and oxygen atoms in total. The first kappa shape index (κ1) is 17.8. The van der Waals surface area contributed by atoms with E-state index in [9.17, 15) is 4.79 Å². The van der Waals surface area contributed by atoms with Crippen molar-refractivity contribution < 1.29 is 13.9 Å². The average Bonchev–Trinajstić information content (AvgIpc) is 3.21. The lowest BCUT2D eigenvalue weighted by Gasteiger charge is -2.22. The molecule has 3 rings (SSSR count). The first-order chi connectivity index (χ1) is 12.7. The second-order valence-electron chi connectivity index (χ2n) is 5.94. The molecule has 1 amide bonds. The molecule has 0 aliphatic carbocycles. The van der Waals surface area contributed by atoms with E-state index in [0.717, 1.165) is 11.3 Å². The van der Waals surface area contributed by atoms with Gasteiger partial charge in [0, 0.05) is 0 Å². The Bertz CT molecular complexity index is 831. The molecule has 0 saturated heterocycles. The Morgan fingerprint density at radius 1 is 1.00 bits per heavy atom. The topological polar surface area (TPSA) is 63.5 Å². The van der Waals surface area contributed by atoms with Gasteiger partial charge in [-0.05, 0) is 36.8 Å². The molecule has 0 unspecified atom stereocenters. The van der Waals surface area contributed by atoms with E-state index in [-0.39, 0.29) is 11.9 Å². The van der Waals surface area contributed by atoms with Gasteiger partial charge in [0.15, 0.2) is 0 Å². The van der Waals surface area contributed by atoms with Crippen LogP contribution < -0.4 is 15.4 Å². The second kappa shape index (κ2) is 8.36. The summed E-state index contributed by atoms with van der Waals surface area (Å²) >= 11 is 0. The van der Waals surface area contributed by atoms with E-state index in [1.165, 1.54) is 0 Å². The first-order valence-electron chi connectivity index (χ1n) is 8.47. The maximum absolute atomic E-state index is 12.7. The number of para-hydroxylation sites is 2. The minimum atomic E-state index is -0.449. The van der Waals surface area contributed by atoms with Gasteiger partial charge < -0.3 is 14.5 Å². The first-order valence-corrected chi connectivity index (χ1v) is 8.47. The van der Waals surface area contributed by atoms with E-state index >= 15 is 0 Å². The van der Waals surface area contributed by atoms with Crippen molar-refractivity contribution in [2.24, 2.45) is 0 Å².